The monoisotopic (exact) mass is 1440 g/mol. The summed E-state index contributed by atoms with van der Waals surface area (Å²) in [4.78, 5) is 0. The second-order valence-corrected chi connectivity index (χ2v) is 29.3. The van der Waals surface area contributed by atoms with Crippen LogP contribution in [0.2, 0.25) is 0 Å². The number of rotatable bonds is 0. The first-order valence-electron chi connectivity index (χ1n) is 37.3. The van der Waals surface area contributed by atoms with Gasteiger partial charge in [-0.2, -0.15) is 0 Å². The molecular formula is C102H88S4. The van der Waals surface area contributed by atoms with Crippen molar-refractivity contribution in [3.63, 3.8) is 0 Å². The van der Waals surface area contributed by atoms with Gasteiger partial charge >= 0.3 is 0 Å². The molecule has 0 atom stereocenters. The summed E-state index contributed by atoms with van der Waals surface area (Å²) in [7, 11) is 0. The molecule has 106 heavy (non-hydrogen) atoms. The predicted molar refractivity (Wildman–Crippen MR) is 485 cm³/mol. The Morgan fingerprint density at radius 2 is 0.368 bits per heavy atom. The lowest BCUT2D eigenvalue weighted by Gasteiger charge is -2.01. The van der Waals surface area contributed by atoms with E-state index < -0.39 is 0 Å². The zero-order chi connectivity index (χ0) is 73.5. The minimum absolute atomic E-state index is 1.32. The standard InChI is InChI=1S/4C20H12S.2C7H8.4C2H6/c2*1-3-7-15-13(5-1)10-12-18-19(15)17-11-9-14-6-2-4-8-16(14)20(17)21-18;2*1-2-7-15-12-19-17(11-14(15)6-1)20-16-8-4-3-5-13(16)9-10-18(20)21-19;2*1-7-5-3-2-4-6-7;4*1-2/h4*1-12H;2*2-6H,1H3;4*1-2H3. The van der Waals surface area contributed by atoms with Gasteiger partial charge in [0.1, 0.15) is 0 Å². The van der Waals surface area contributed by atoms with E-state index in [0.29, 0.717) is 0 Å². The van der Waals surface area contributed by atoms with Crippen molar-refractivity contribution in [1.29, 1.82) is 0 Å². The normalized spacial score (nSPS) is 10.7. The Kier molecular flexibility index (Phi) is 24.0. The summed E-state index contributed by atoms with van der Waals surface area (Å²) in [5.74, 6) is 0. The quantitative estimate of drug-likeness (QED) is 0.142. The van der Waals surface area contributed by atoms with Crippen molar-refractivity contribution in [3.8, 4) is 0 Å². The van der Waals surface area contributed by atoms with Gasteiger partial charge in [0, 0.05) is 80.7 Å². The van der Waals surface area contributed by atoms with Crippen LogP contribution in [-0.4, -0.2) is 0 Å². The van der Waals surface area contributed by atoms with Crippen molar-refractivity contribution >= 4 is 212 Å². The van der Waals surface area contributed by atoms with Crippen molar-refractivity contribution in [2.45, 2.75) is 69.2 Å². The zero-order valence-corrected chi connectivity index (χ0v) is 65.4. The summed E-state index contributed by atoms with van der Waals surface area (Å²) in [6, 6.07) is 126. The SMILES string of the molecule is CC.CC.CC.CC.Cc1ccccc1.Cc1ccccc1.c1ccc2c(c1)ccc1c2sc2ccc3ccccc3c21.c1ccc2c(c1)ccc1c2sc2ccc3ccccc3c21.c1ccc2cc3c(cc2c1)sc1ccc2ccccc2c13.c1ccc2cc3c(cc2c1)sc1ccc2ccccc2c13. The molecule has 0 saturated carbocycles. The molecule has 22 rings (SSSR count). The van der Waals surface area contributed by atoms with Gasteiger partial charge in [-0.1, -0.05) is 370 Å². The molecule has 0 unspecified atom stereocenters. The van der Waals surface area contributed by atoms with Crippen LogP contribution in [0, 0.1) is 13.8 Å². The van der Waals surface area contributed by atoms with Crippen LogP contribution in [-0.2, 0) is 0 Å². The highest BCUT2D eigenvalue weighted by Gasteiger charge is 2.15. The smallest absolute Gasteiger partial charge is 0.0434 e. The molecule has 0 N–H and O–H groups in total. The molecule has 4 heteroatoms. The maximum absolute atomic E-state index is 2.34. The lowest BCUT2D eigenvalue weighted by atomic mass is 10.0. The molecule has 0 amide bonds. The highest BCUT2D eigenvalue weighted by Crippen LogP contribution is 2.45. The van der Waals surface area contributed by atoms with Crippen molar-refractivity contribution in [3.05, 3.63) is 363 Å². The van der Waals surface area contributed by atoms with Crippen LogP contribution in [0.1, 0.15) is 66.5 Å². The van der Waals surface area contributed by atoms with E-state index >= 15 is 0 Å². The van der Waals surface area contributed by atoms with E-state index in [4.69, 9.17) is 0 Å². The highest BCUT2D eigenvalue weighted by atomic mass is 32.1. The van der Waals surface area contributed by atoms with Gasteiger partial charge in [-0.3, -0.25) is 0 Å². The Balaban J connectivity index is 0.000000114. The van der Waals surface area contributed by atoms with Crippen LogP contribution in [0.4, 0.5) is 0 Å². The van der Waals surface area contributed by atoms with Gasteiger partial charge in [0.2, 0.25) is 0 Å². The number of hydrogen-bond acceptors (Lipinski definition) is 4. The van der Waals surface area contributed by atoms with Crippen LogP contribution in [0.15, 0.2) is 352 Å². The van der Waals surface area contributed by atoms with Gasteiger partial charge in [0.15, 0.2) is 0 Å². The fourth-order valence-electron chi connectivity index (χ4n) is 14.1. The number of aryl methyl sites for hydroxylation is 2. The van der Waals surface area contributed by atoms with Gasteiger partial charge in [-0.25, -0.2) is 0 Å². The van der Waals surface area contributed by atoms with Gasteiger partial charge in [-0.05, 0) is 149 Å². The lowest BCUT2D eigenvalue weighted by molar-refractivity contribution is 1.48. The molecular weight excluding hydrogens is 1350 g/mol. The average molecular weight is 1440 g/mol. The molecule has 0 fully saturated rings. The third-order valence-electron chi connectivity index (χ3n) is 18.8. The zero-order valence-electron chi connectivity index (χ0n) is 62.1. The summed E-state index contributed by atoms with van der Waals surface area (Å²) >= 11 is 7.59. The number of thiophene rings is 4. The Labute approximate surface area is 639 Å². The van der Waals surface area contributed by atoms with Crippen molar-refractivity contribution < 1.29 is 0 Å². The summed E-state index contributed by atoms with van der Waals surface area (Å²) < 4.78 is 11.1. The van der Waals surface area contributed by atoms with Gasteiger partial charge in [0.25, 0.3) is 0 Å². The molecule has 0 radical (unpaired) electrons. The Morgan fingerprint density at radius 3 is 0.651 bits per heavy atom. The Bertz CT molecular complexity index is 6190. The maximum atomic E-state index is 2.34. The van der Waals surface area contributed by atoms with Crippen LogP contribution in [0.3, 0.4) is 0 Å². The van der Waals surface area contributed by atoms with Gasteiger partial charge < -0.3 is 0 Å². The summed E-state index contributed by atoms with van der Waals surface area (Å²) in [5.41, 5.74) is 2.64. The van der Waals surface area contributed by atoms with E-state index in [1.54, 1.807) is 0 Å². The van der Waals surface area contributed by atoms with Gasteiger partial charge in [-0.15, -0.1) is 45.3 Å². The van der Waals surface area contributed by atoms with Crippen LogP contribution >= 0.6 is 45.3 Å². The molecule has 0 nitrogen and oxygen atoms in total. The first-order chi connectivity index (χ1) is 52.4. The van der Waals surface area contributed by atoms with Crippen LogP contribution in [0.25, 0.3) is 167 Å². The van der Waals surface area contributed by atoms with E-state index in [0.717, 1.165) is 0 Å². The van der Waals surface area contributed by atoms with Crippen molar-refractivity contribution in [2.75, 3.05) is 0 Å². The van der Waals surface area contributed by atoms with E-state index in [1.807, 2.05) is 137 Å². The maximum Gasteiger partial charge on any atom is 0.0434 e. The lowest BCUT2D eigenvalue weighted by Crippen LogP contribution is -1.75. The molecule has 0 saturated heterocycles. The molecule has 18 aromatic carbocycles. The number of hydrogen-bond donors (Lipinski definition) is 0. The first-order valence-corrected chi connectivity index (χ1v) is 40.6. The van der Waals surface area contributed by atoms with Crippen molar-refractivity contribution in [1.82, 2.24) is 0 Å². The van der Waals surface area contributed by atoms with E-state index in [-0.39, 0.29) is 0 Å². The molecule has 22 aromatic rings. The summed E-state index contributed by atoms with van der Waals surface area (Å²) in [6.45, 7) is 20.2. The highest BCUT2D eigenvalue weighted by molar-refractivity contribution is 7.28. The van der Waals surface area contributed by atoms with Gasteiger partial charge in [0.05, 0.1) is 0 Å². The first kappa shape index (κ1) is 73.2. The minimum atomic E-state index is 1.32. The second-order valence-electron chi connectivity index (χ2n) is 25.1. The van der Waals surface area contributed by atoms with Crippen LogP contribution in [0.5, 0.6) is 0 Å². The molecule has 4 aromatic heterocycles. The topological polar surface area (TPSA) is 0 Å². The van der Waals surface area contributed by atoms with Crippen molar-refractivity contribution in [2.24, 2.45) is 0 Å². The summed E-state index contributed by atoms with van der Waals surface area (Å²) in [6.07, 6.45) is 0. The number of fused-ring (bicyclic) bond motifs is 26. The summed E-state index contributed by atoms with van der Waals surface area (Å²) in [5, 5.41) is 32.5. The number of benzene rings is 18. The fraction of sp³-hybridized carbons (Fsp3) is 0.0980. The average Bonchev–Trinajstić information content (AvgIpc) is 1.58. The molecule has 0 aliphatic heterocycles. The van der Waals surface area contributed by atoms with E-state index in [2.05, 4.69) is 329 Å². The third-order valence-corrected chi connectivity index (χ3v) is 23.5. The molecule has 4 heterocycles. The van der Waals surface area contributed by atoms with Crippen LogP contribution < -0.4 is 0 Å². The second kappa shape index (κ2) is 34.7. The molecule has 520 valence electrons. The Morgan fingerprint density at radius 1 is 0.151 bits per heavy atom. The van der Waals surface area contributed by atoms with E-state index in [9.17, 15) is 0 Å². The van der Waals surface area contributed by atoms with E-state index in [1.165, 1.54) is 178 Å². The molecule has 0 spiro atoms. The molecule has 0 bridgehead atoms. The molecule has 0 aliphatic carbocycles. The largest absolute Gasteiger partial charge is 0.135 e. The predicted octanol–water partition coefficient (Wildman–Crippen LogP) is 33.5. The molecule has 0 aliphatic rings. The fourth-order valence-corrected chi connectivity index (χ4v) is 18.9. The minimum Gasteiger partial charge on any atom is -0.135 e. The third kappa shape index (κ3) is 15.2. The Hall–Kier alpha value is -11.1.